The van der Waals surface area contributed by atoms with Crippen LogP contribution in [0.2, 0.25) is 0 Å². The molecule has 0 unspecified atom stereocenters. The number of alkyl halides is 3. The fourth-order valence-corrected chi connectivity index (χ4v) is 3.37. The highest BCUT2D eigenvalue weighted by atomic mass is 19.4. The molecule has 3 rings (SSSR count). The lowest BCUT2D eigenvalue weighted by Gasteiger charge is -2.33. The van der Waals surface area contributed by atoms with Gasteiger partial charge in [0.15, 0.2) is 0 Å². The summed E-state index contributed by atoms with van der Waals surface area (Å²) in [7, 11) is 0. The molecule has 132 valence electrons. The van der Waals surface area contributed by atoms with Crippen LogP contribution in [0.3, 0.4) is 0 Å². The molecule has 0 radical (unpaired) electrons. The first-order chi connectivity index (χ1) is 11.3. The summed E-state index contributed by atoms with van der Waals surface area (Å²) >= 11 is 0. The zero-order valence-electron chi connectivity index (χ0n) is 12.9. The number of amides is 1. The number of piperidine rings is 1. The molecule has 8 heteroatoms. The highest BCUT2D eigenvalue weighted by molar-refractivity contribution is 5.67. The van der Waals surface area contributed by atoms with Gasteiger partial charge in [-0.2, -0.15) is 13.2 Å². The van der Waals surface area contributed by atoms with Crippen LogP contribution in [-0.2, 0) is 17.5 Å². The van der Waals surface area contributed by atoms with E-state index in [0.29, 0.717) is 31.0 Å². The maximum Gasteiger partial charge on any atom is 0.416 e. The normalized spacial score (nSPS) is 23.9. The highest BCUT2D eigenvalue weighted by Gasteiger charge is 2.36. The van der Waals surface area contributed by atoms with Crippen LogP contribution in [0.4, 0.5) is 22.4 Å². The largest absolute Gasteiger partial charge is 0.445 e. The molecule has 4 nitrogen and oxygen atoms in total. The predicted molar refractivity (Wildman–Crippen MR) is 77.6 cm³/mol. The van der Waals surface area contributed by atoms with Crippen molar-refractivity contribution in [2.24, 2.45) is 11.8 Å². The van der Waals surface area contributed by atoms with E-state index < -0.39 is 30.3 Å². The van der Waals surface area contributed by atoms with Crippen molar-refractivity contribution >= 4 is 6.09 Å². The molecule has 0 aliphatic carbocycles. The predicted octanol–water partition coefficient (Wildman–Crippen LogP) is 3.02. The van der Waals surface area contributed by atoms with Gasteiger partial charge in [0.05, 0.1) is 5.56 Å². The standard InChI is InChI=1S/C16H18F4N2O2/c17-13-2-1-11(14(5-13)16(18,19)20)9-24-15(23)22-4-3-10-6-21-7-12(10)8-22/h1-2,5,10,12,21H,3-4,6-9H2/t10-,12+/m1/s1. The molecule has 1 N–H and O–H groups in total. The molecule has 2 atom stereocenters. The van der Waals surface area contributed by atoms with Gasteiger partial charge in [0, 0.05) is 18.7 Å². The van der Waals surface area contributed by atoms with E-state index in [1.807, 2.05) is 0 Å². The van der Waals surface area contributed by atoms with Crippen LogP contribution in [0, 0.1) is 17.7 Å². The first kappa shape index (κ1) is 17.0. The number of hydrogen-bond donors (Lipinski definition) is 1. The molecule has 1 amide bonds. The fourth-order valence-electron chi connectivity index (χ4n) is 3.37. The number of carbonyl (C=O) groups is 1. The van der Waals surface area contributed by atoms with Crippen LogP contribution in [0.25, 0.3) is 0 Å². The summed E-state index contributed by atoms with van der Waals surface area (Å²) in [4.78, 5) is 13.6. The topological polar surface area (TPSA) is 41.6 Å². The van der Waals surface area contributed by atoms with E-state index in [2.05, 4.69) is 5.32 Å². The lowest BCUT2D eigenvalue weighted by atomic mass is 9.89. The molecule has 2 aliphatic rings. The fraction of sp³-hybridized carbons (Fsp3) is 0.562. The van der Waals surface area contributed by atoms with Gasteiger partial charge in [-0.1, -0.05) is 6.07 Å². The molecule has 0 spiro atoms. The minimum Gasteiger partial charge on any atom is -0.445 e. The first-order valence-corrected chi connectivity index (χ1v) is 7.82. The van der Waals surface area contributed by atoms with Crippen molar-refractivity contribution in [3.63, 3.8) is 0 Å². The van der Waals surface area contributed by atoms with E-state index in [1.165, 1.54) is 4.90 Å². The van der Waals surface area contributed by atoms with Crippen molar-refractivity contribution in [3.05, 3.63) is 35.1 Å². The highest BCUT2D eigenvalue weighted by Crippen LogP contribution is 2.33. The molecule has 2 saturated heterocycles. The SMILES string of the molecule is O=C(OCc1ccc(F)cc1C(F)(F)F)N1CC[C@@H]2CNC[C@H]2C1. The van der Waals surface area contributed by atoms with Crippen molar-refractivity contribution in [2.45, 2.75) is 19.2 Å². The molecule has 2 heterocycles. The smallest absolute Gasteiger partial charge is 0.416 e. The van der Waals surface area contributed by atoms with Crippen LogP contribution < -0.4 is 5.32 Å². The second-order valence-corrected chi connectivity index (χ2v) is 6.27. The van der Waals surface area contributed by atoms with Crippen LogP contribution in [0.1, 0.15) is 17.5 Å². The lowest BCUT2D eigenvalue weighted by Crippen LogP contribution is -2.43. The van der Waals surface area contributed by atoms with Gasteiger partial charge < -0.3 is 15.0 Å². The molecule has 2 fully saturated rings. The van der Waals surface area contributed by atoms with Crippen molar-refractivity contribution < 1.29 is 27.1 Å². The third-order valence-corrected chi connectivity index (χ3v) is 4.69. The molecule has 2 aliphatic heterocycles. The number of halogens is 4. The molecule has 0 saturated carbocycles. The van der Waals surface area contributed by atoms with Crippen molar-refractivity contribution in [2.75, 3.05) is 26.2 Å². The summed E-state index contributed by atoms with van der Waals surface area (Å²) in [5, 5.41) is 3.27. The van der Waals surface area contributed by atoms with Crippen molar-refractivity contribution in [1.82, 2.24) is 10.2 Å². The average Bonchev–Trinajstić information content (AvgIpc) is 3.00. The van der Waals surface area contributed by atoms with E-state index in [1.54, 1.807) is 0 Å². The van der Waals surface area contributed by atoms with Gasteiger partial charge in [0.1, 0.15) is 12.4 Å². The number of nitrogens with zero attached hydrogens (tertiary/aromatic N) is 1. The Balaban J connectivity index is 1.62. The van der Waals surface area contributed by atoms with E-state index in [0.717, 1.165) is 31.6 Å². The summed E-state index contributed by atoms with van der Waals surface area (Å²) in [6.07, 6.45) is -4.47. The molecular weight excluding hydrogens is 328 g/mol. The van der Waals surface area contributed by atoms with Gasteiger partial charge in [-0.3, -0.25) is 0 Å². The molecule has 0 aromatic heterocycles. The quantitative estimate of drug-likeness (QED) is 0.837. The maximum atomic E-state index is 13.1. The van der Waals surface area contributed by atoms with Crippen LogP contribution in [0.5, 0.6) is 0 Å². The molecule has 1 aromatic carbocycles. The number of benzene rings is 1. The number of carbonyl (C=O) groups excluding carboxylic acids is 1. The second-order valence-electron chi connectivity index (χ2n) is 6.27. The van der Waals surface area contributed by atoms with Gasteiger partial charge in [-0.05, 0) is 43.5 Å². The van der Waals surface area contributed by atoms with Crippen LogP contribution in [0.15, 0.2) is 18.2 Å². The van der Waals surface area contributed by atoms with Gasteiger partial charge in [-0.25, -0.2) is 9.18 Å². The van der Waals surface area contributed by atoms with E-state index in [-0.39, 0.29) is 5.56 Å². The number of fused-ring (bicyclic) bond motifs is 1. The van der Waals surface area contributed by atoms with Crippen LogP contribution in [-0.4, -0.2) is 37.2 Å². The Morgan fingerprint density at radius 3 is 2.79 bits per heavy atom. The monoisotopic (exact) mass is 346 g/mol. The third-order valence-electron chi connectivity index (χ3n) is 4.69. The Morgan fingerprint density at radius 1 is 1.29 bits per heavy atom. The minimum absolute atomic E-state index is 0.255. The van der Waals surface area contributed by atoms with Crippen molar-refractivity contribution in [1.29, 1.82) is 0 Å². The van der Waals surface area contributed by atoms with Gasteiger partial charge in [0.25, 0.3) is 0 Å². The van der Waals surface area contributed by atoms with Crippen molar-refractivity contribution in [3.8, 4) is 0 Å². The minimum atomic E-state index is -4.70. The Kier molecular flexibility index (Phi) is 4.67. The van der Waals surface area contributed by atoms with E-state index in [4.69, 9.17) is 4.74 Å². The number of rotatable bonds is 2. The summed E-state index contributed by atoms with van der Waals surface area (Å²) in [5.74, 6) is -0.0703. The number of hydrogen-bond acceptors (Lipinski definition) is 3. The van der Waals surface area contributed by atoms with E-state index >= 15 is 0 Å². The van der Waals surface area contributed by atoms with Gasteiger partial charge >= 0.3 is 12.3 Å². The zero-order chi connectivity index (χ0) is 17.3. The van der Waals surface area contributed by atoms with Gasteiger partial charge in [0.2, 0.25) is 0 Å². The Bertz CT molecular complexity index is 621. The first-order valence-electron chi connectivity index (χ1n) is 7.82. The number of likely N-dealkylation sites (tertiary alicyclic amines) is 1. The molecule has 24 heavy (non-hydrogen) atoms. The second kappa shape index (κ2) is 6.58. The molecular formula is C16H18F4N2O2. The number of ether oxygens (including phenoxy) is 1. The summed E-state index contributed by atoms with van der Waals surface area (Å²) in [6.45, 7) is 2.34. The zero-order valence-corrected chi connectivity index (χ0v) is 12.9. The summed E-state index contributed by atoms with van der Waals surface area (Å²) < 4.78 is 56.9. The Morgan fingerprint density at radius 2 is 2.04 bits per heavy atom. The Hall–Kier alpha value is -1.83. The summed E-state index contributed by atoms with van der Waals surface area (Å²) in [6, 6.07) is 2.34. The third kappa shape index (κ3) is 3.63. The molecule has 0 bridgehead atoms. The summed E-state index contributed by atoms with van der Waals surface area (Å²) in [5.41, 5.74) is -1.37. The van der Waals surface area contributed by atoms with Gasteiger partial charge in [-0.15, -0.1) is 0 Å². The molecule has 1 aromatic rings. The average molecular weight is 346 g/mol. The van der Waals surface area contributed by atoms with E-state index in [9.17, 15) is 22.4 Å². The maximum absolute atomic E-state index is 13.1. The number of nitrogens with one attached hydrogen (secondary N) is 1. The van der Waals surface area contributed by atoms with Crippen LogP contribution >= 0.6 is 0 Å². The Labute approximate surface area is 136 Å². The lowest BCUT2D eigenvalue weighted by molar-refractivity contribution is -0.138.